The lowest BCUT2D eigenvalue weighted by Crippen LogP contribution is -2.56. The molecule has 4 bridgehead atoms. The van der Waals surface area contributed by atoms with E-state index < -0.39 is 12.1 Å². The predicted molar refractivity (Wildman–Crippen MR) is 101 cm³/mol. The molecule has 4 saturated carbocycles. The van der Waals surface area contributed by atoms with Crippen molar-refractivity contribution >= 4 is 11.9 Å². The van der Waals surface area contributed by atoms with Crippen LogP contribution >= 0.6 is 0 Å². The van der Waals surface area contributed by atoms with Gasteiger partial charge in [0.2, 0.25) is 0 Å². The van der Waals surface area contributed by atoms with Crippen molar-refractivity contribution in [3.05, 3.63) is 35.9 Å². The van der Waals surface area contributed by atoms with Crippen LogP contribution in [0.5, 0.6) is 0 Å². The van der Waals surface area contributed by atoms with E-state index >= 15 is 0 Å². The van der Waals surface area contributed by atoms with Crippen molar-refractivity contribution in [3.63, 3.8) is 0 Å². The average molecular weight is 371 g/mol. The zero-order valence-electron chi connectivity index (χ0n) is 15.9. The van der Waals surface area contributed by atoms with Crippen molar-refractivity contribution in [2.24, 2.45) is 23.2 Å². The highest BCUT2D eigenvalue weighted by Crippen LogP contribution is 2.61. The average Bonchev–Trinajstić information content (AvgIpc) is 2.65. The third-order valence-electron chi connectivity index (χ3n) is 7.07. The number of ether oxygens (including phenoxy) is 1. The smallest absolute Gasteiger partial charge is 0.340 e. The van der Waals surface area contributed by atoms with Crippen LogP contribution in [-0.4, -0.2) is 29.6 Å². The number of esters is 1. The van der Waals surface area contributed by atoms with Crippen molar-refractivity contribution in [3.8, 4) is 0 Å². The Morgan fingerprint density at radius 1 is 1.11 bits per heavy atom. The van der Waals surface area contributed by atoms with Gasteiger partial charge in [-0.05, 0) is 74.2 Å². The quantitative estimate of drug-likeness (QED) is 0.754. The largest absolute Gasteiger partial charge is 0.453 e. The molecule has 0 radical (unpaired) electrons. The number of aliphatic hydroxyl groups excluding tert-OH is 1. The highest BCUT2D eigenvalue weighted by Gasteiger charge is 2.53. The maximum absolute atomic E-state index is 12.3. The Morgan fingerprint density at radius 2 is 1.67 bits per heavy atom. The van der Waals surface area contributed by atoms with Crippen LogP contribution in [0.3, 0.4) is 0 Å². The third-order valence-corrected chi connectivity index (χ3v) is 7.07. The normalized spacial score (nSPS) is 33.3. The van der Waals surface area contributed by atoms with Crippen molar-refractivity contribution in [1.29, 1.82) is 0 Å². The second kappa shape index (κ2) is 7.27. The summed E-state index contributed by atoms with van der Waals surface area (Å²) in [6.45, 7) is 1.76. The van der Waals surface area contributed by atoms with Gasteiger partial charge in [0.15, 0.2) is 12.7 Å². The van der Waals surface area contributed by atoms with E-state index in [0.717, 1.165) is 17.8 Å². The van der Waals surface area contributed by atoms with Gasteiger partial charge < -0.3 is 15.2 Å². The summed E-state index contributed by atoms with van der Waals surface area (Å²) in [5.74, 6) is 1.41. The zero-order valence-corrected chi connectivity index (χ0v) is 15.9. The molecule has 0 unspecified atom stereocenters. The lowest BCUT2D eigenvalue weighted by Gasteiger charge is -2.59. The van der Waals surface area contributed by atoms with Gasteiger partial charge in [-0.2, -0.15) is 0 Å². The first-order valence-corrected chi connectivity index (χ1v) is 10.1. The summed E-state index contributed by atoms with van der Waals surface area (Å²) in [6, 6.07) is 8.69. The number of rotatable bonds is 6. The number of hydrogen-bond donors (Lipinski definition) is 2. The van der Waals surface area contributed by atoms with Gasteiger partial charge in [0.05, 0.1) is 0 Å². The number of hydrogen-bond acceptors (Lipinski definition) is 4. The van der Waals surface area contributed by atoms with E-state index in [2.05, 4.69) is 12.2 Å². The first kappa shape index (κ1) is 18.5. The molecular weight excluding hydrogens is 342 g/mol. The first-order valence-electron chi connectivity index (χ1n) is 10.1. The van der Waals surface area contributed by atoms with E-state index in [1.807, 2.05) is 0 Å². The molecule has 4 aliphatic rings. The molecule has 1 aromatic carbocycles. The number of nitrogens with one attached hydrogen (secondary N) is 1. The van der Waals surface area contributed by atoms with Crippen LogP contribution in [0.2, 0.25) is 0 Å². The predicted octanol–water partition coefficient (Wildman–Crippen LogP) is 2.98. The molecule has 0 spiro atoms. The van der Waals surface area contributed by atoms with E-state index in [-0.39, 0.29) is 24.0 Å². The highest BCUT2D eigenvalue weighted by atomic mass is 16.5. The minimum atomic E-state index is -1.36. The van der Waals surface area contributed by atoms with Gasteiger partial charge in [0.1, 0.15) is 0 Å². The monoisotopic (exact) mass is 371 g/mol. The molecule has 4 aliphatic carbocycles. The lowest BCUT2D eigenvalue weighted by atomic mass is 9.48. The van der Waals surface area contributed by atoms with Gasteiger partial charge in [-0.1, -0.05) is 30.3 Å². The topological polar surface area (TPSA) is 75.6 Å². The summed E-state index contributed by atoms with van der Waals surface area (Å²) in [5, 5.41) is 13.1. The Kier molecular flexibility index (Phi) is 4.97. The van der Waals surface area contributed by atoms with E-state index in [4.69, 9.17) is 4.74 Å². The molecule has 2 N–H and O–H groups in total. The second-order valence-electron chi connectivity index (χ2n) is 8.99. The Bertz CT molecular complexity index is 666. The molecular formula is C22H29NO4. The summed E-state index contributed by atoms with van der Waals surface area (Å²) < 4.78 is 5.04. The van der Waals surface area contributed by atoms with Gasteiger partial charge >= 0.3 is 5.97 Å². The van der Waals surface area contributed by atoms with Crippen LogP contribution in [0.1, 0.15) is 57.1 Å². The van der Waals surface area contributed by atoms with E-state index in [0.29, 0.717) is 5.56 Å². The van der Waals surface area contributed by atoms with Crippen LogP contribution in [0, 0.1) is 23.2 Å². The van der Waals surface area contributed by atoms with Gasteiger partial charge in [-0.25, -0.2) is 4.79 Å². The Labute approximate surface area is 160 Å². The van der Waals surface area contributed by atoms with E-state index in [9.17, 15) is 14.7 Å². The van der Waals surface area contributed by atoms with E-state index in [1.54, 1.807) is 30.3 Å². The minimum Gasteiger partial charge on any atom is -0.453 e. The Morgan fingerprint density at radius 3 is 2.22 bits per heavy atom. The Hall–Kier alpha value is -1.88. The number of aliphatic hydroxyl groups is 1. The van der Waals surface area contributed by atoms with Gasteiger partial charge in [0, 0.05) is 6.04 Å². The lowest BCUT2D eigenvalue weighted by molar-refractivity contribution is -0.157. The second-order valence-corrected chi connectivity index (χ2v) is 8.99. The Balaban J connectivity index is 1.29. The number of carbonyl (C=O) groups excluding carboxylic acids is 2. The summed E-state index contributed by atoms with van der Waals surface area (Å²) >= 11 is 0. The summed E-state index contributed by atoms with van der Waals surface area (Å²) in [5.41, 5.74) is 0.683. The van der Waals surface area contributed by atoms with Crippen LogP contribution in [-0.2, 0) is 14.3 Å². The number of benzene rings is 1. The van der Waals surface area contributed by atoms with Gasteiger partial charge in [-0.3, -0.25) is 4.79 Å². The third kappa shape index (κ3) is 3.75. The molecule has 5 nitrogen and oxygen atoms in total. The van der Waals surface area contributed by atoms with Crippen molar-refractivity contribution in [2.45, 2.75) is 57.6 Å². The fourth-order valence-electron chi connectivity index (χ4n) is 6.13. The molecule has 0 heterocycles. The molecule has 0 aliphatic heterocycles. The fraction of sp³-hybridized carbons (Fsp3) is 0.636. The molecule has 146 valence electrons. The van der Waals surface area contributed by atoms with Crippen molar-refractivity contribution in [2.75, 3.05) is 6.61 Å². The summed E-state index contributed by atoms with van der Waals surface area (Å²) in [7, 11) is 0. The van der Waals surface area contributed by atoms with Crippen LogP contribution in [0.4, 0.5) is 0 Å². The molecule has 0 aromatic heterocycles. The van der Waals surface area contributed by atoms with Crippen molar-refractivity contribution in [1.82, 2.24) is 5.32 Å². The number of amides is 1. The molecule has 27 heavy (non-hydrogen) atoms. The van der Waals surface area contributed by atoms with Gasteiger partial charge in [-0.15, -0.1) is 0 Å². The molecule has 0 saturated heterocycles. The van der Waals surface area contributed by atoms with Crippen LogP contribution in [0.25, 0.3) is 0 Å². The first-order chi connectivity index (χ1) is 12.9. The number of carbonyl (C=O) groups is 2. The fourth-order valence-corrected chi connectivity index (χ4v) is 6.13. The molecule has 5 heteroatoms. The van der Waals surface area contributed by atoms with Crippen LogP contribution < -0.4 is 5.32 Å². The van der Waals surface area contributed by atoms with Crippen LogP contribution in [0.15, 0.2) is 30.3 Å². The molecule has 5 rings (SSSR count). The highest BCUT2D eigenvalue weighted by molar-refractivity contribution is 5.82. The maximum Gasteiger partial charge on any atom is 0.340 e. The zero-order chi connectivity index (χ0) is 19.0. The summed E-state index contributed by atoms with van der Waals surface area (Å²) in [6.07, 6.45) is 6.39. The van der Waals surface area contributed by atoms with Crippen molar-refractivity contribution < 1.29 is 19.4 Å². The van der Waals surface area contributed by atoms with E-state index in [1.165, 1.54) is 38.5 Å². The standard InChI is InChI=1S/C22H29NO4/c1-14(22-10-15-7-16(11-22)9-17(8-15)12-22)23-19(24)13-27-21(26)20(25)18-5-3-2-4-6-18/h2-6,14-17,20,25H,7-13H2,1H3,(H,23,24)/t14-,15?,16?,17?,20-,22?/m1/s1. The molecule has 1 amide bonds. The maximum atomic E-state index is 12.3. The SMILES string of the molecule is C[C@@H](NC(=O)COC(=O)[C@H](O)c1ccccc1)C12CC3CC(CC(C3)C1)C2. The summed E-state index contributed by atoms with van der Waals surface area (Å²) in [4.78, 5) is 24.3. The molecule has 2 atom stereocenters. The van der Waals surface area contributed by atoms with Gasteiger partial charge in [0.25, 0.3) is 5.91 Å². The molecule has 4 fully saturated rings. The minimum absolute atomic E-state index is 0.0937. The molecule has 1 aromatic rings.